The van der Waals surface area contributed by atoms with Crippen LogP contribution < -0.4 is 0 Å². The number of amides is 1. The lowest BCUT2D eigenvalue weighted by atomic mass is 10.2. The summed E-state index contributed by atoms with van der Waals surface area (Å²) in [5, 5.41) is -0.740. The summed E-state index contributed by atoms with van der Waals surface area (Å²) in [5.41, 5.74) is 0.881. The molecule has 0 bridgehead atoms. The molecule has 6 heteroatoms. The molecule has 104 valence electrons. The van der Waals surface area contributed by atoms with Gasteiger partial charge >= 0.3 is 6.09 Å². The van der Waals surface area contributed by atoms with Crippen LogP contribution in [-0.4, -0.2) is 37.6 Å². The molecule has 5 nitrogen and oxygen atoms in total. The van der Waals surface area contributed by atoms with Gasteiger partial charge in [-0.1, -0.05) is 30.3 Å². The molecule has 1 aliphatic rings. The summed E-state index contributed by atoms with van der Waals surface area (Å²) in [6.07, 6.45) is 1.77. The number of benzene rings is 1. The van der Waals surface area contributed by atoms with Crippen molar-refractivity contribution in [1.29, 1.82) is 0 Å². The maximum Gasteiger partial charge on any atom is 0.411 e. The molecule has 0 saturated carbocycles. The van der Waals surface area contributed by atoms with Crippen LogP contribution in [0.1, 0.15) is 18.4 Å². The van der Waals surface area contributed by atoms with Crippen LogP contribution in [0.5, 0.6) is 0 Å². The Bertz CT molecular complexity index is 541. The molecule has 0 N–H and O–H groups in total. The molecule has 1 unspecified atom stereocenters. The van der Waals surface area contributed by atoms with Gasteiger partial charge in [0, 0.05) is 12.8 Å². The van der Waals surface area contributed by atoms with E-state index in [1.54, 1.807) is 0 Å². The summed E-state index contributed by atoms with van der Waals surface area (Å²) in [5.74, 6) is 0. The quantitative estimate of drug-likeness (QED) is 0.848. The maximum atomic E-state index is 11.9. The van der Waals surface area contributed by atoms with E-state index in [2.05, 4.69) is 0 Å². The van der Waals surface area contributed by atoms with E-state index in [1.165, 1.54) is 4.90 Å². The fourth-order valence-corrected chi connectivity index (χ4v) is 3.44. The normalized spacial score (nSPS) is 19.4. The van der Waals surface area contributed by atoms with Crippen molar-refractivity contribution in [3.05, 3.63) is 35.9 Å². The second-order valence-corrected chi connectivity index (χ2v) is 6.86. The van der Waals surface area contributed by atoms with Crippen LogP contribution in [-0.2, 0) is 21.2 Å². The Morgan fingerprint density at radius 3 is 2.68 bits per heavy atom. The van der Waals surface area contributed by atoms with Gasteiger partial charge in [0.25, 0.3) is 0 Å². The smallest absolute Gasteiger partial charge is 0.411 e. The highest BCUT2D eigenvalue weighted by molar-refractivity contribution is 7.91. The molecule has 0 aromatic heterocycles. The molecule has 1 saturated heterocycles. The second kappa shape index (κ2) is 5.61. The van der Waals surface area contributed by atoms with E-state index < -0.39 is 21.3 Å². The molecule has 1 heterocycles. The maximum absolute atomic E-state index is 11.9. The number of rotatable bonds is 3. The number of likely N-dealkylation sites (tertiary alicyclic amines) is 1. The highest BCUT2D eigenvalue weighted by atomic mass is 32.2. The van der Waals surface area contributed by atoms with Gasteiger partial charge < -0.3 is 4.74 Å². The van der Waals surface area contributed by atoms with Crippen LogP contribution in [0.25, 0.3) is 0 Å². The first-order valence-corrected chi connectivity index (χ1v) is 8.10. The van der Waals surface area contributed by atoms with Gasteiger partial charge in [-0.3, -0.25) is 4.90 Å². The van der Waals surface area contributed by atoms with E-state index in [4.69, 9.17) is 4.74 Å². The first-order chi connectivity index (χ1) is 8.98. The number of carbonyl (C=O) groups excluding carboxylic acids is 1. The number of hydrogen-bond acceptors (Lipinski definition) is 4. The zero-order valence-corrected chi connectivity index (χ0v) is 11.6. The topological polar surface area (TPSA) is 63.7 Å². The lowest BCUT2D eigenvalue weighted by molar-refractivity contribution is 0.100. The number of carbonyl (C=O) groups is 1. The molecular formula is C13H17NO4S. The monoisotopic (exact) mass is 283 g/mol. The summed E-state index contributed by atoms with van der Waals surface area (Å²) in [4.78, 5) is 13.2. The molecule has 1 aromatic carbocycles. The zero-order valence-electron chi connectivity index (χ0n) is 10.8. The van der Waals surface area contributed by atoms with Gasteiger partial charge in [-0.15, -0.1) is 0 Å². The van der Waals surface area contributed by atoms with Crippen molar-refractivity contribution >= 4 is 15.9 Å². The molecular weight excluding hydrogens is 266 g/mol. The molecule has 0 aliphatic carbocycles. The fraction of sp³-hybridized carbons (Fsp3) is 0.462. The third-order valence-electron chi connectivity index (χ3n) is 3.13. The van der Waals surface area contributed by atoms with Crippen molar-refractivity contribution in [2.75, 3.05) is 12.8 Å². The van der Waals surface area contributed by atoms with Crippen molar-refractivity contribution in [2.45, 2.75) is 24.8 Å². The standard InChI is InChI=1S/C13H17NO4S/c1-19(16,17)12-8-5-9-14(12)13(15)18-10-11-6-3-2-4-7-11/h2-4,6-7,12H,5,8-10H2,1H3. The lowest BCUT2D eigenvalue weighted by Gasteiger charge is -2.22. The van der Waals surface area contributed by atoms with Crippen molar-refractivity contribution in [1.82, 2.24) is 4.90 Å². The third kappa shape index (κ3) is 3.47. The number of sulfone groups is 1. The van der Waals surface area contributed by atoms with E-state index in [0.717, 1.165) is 11.8 Å². The molecule has 0 spiro atoms. The van der Waals surface area contributed by atoms with Crippen LogP contribution in [0.15, 0.2) is 30.3 Å². The Kier molecular flexibility index (Phi) is 4.09. The van der Waals surface area contributed by atoms with Gasteiger partial charge in [-0.25, -0.2) is 13.2 Å². The summed E-state index contributed by atoms with van der Waals surface area (Å²) in [6, 6.07) is 9.30. The summed E-state index contributed by atoms with van der Waals surface area (Å²) in [7, 11) is -3.25. The Morgan fingerprint density at radius 1 is 1.37 bits per heavy atom. The molecule has 1 amide bonds. The molecule has 0 radical (unpaired) electrons. The number of nitrogens with zero attached hydrogens (tertiary/aromatic N) is 1. The van der Waals surface area contributed by atoms with Crippen LogP contribution in [0.4, 0.5) is 4.79 Å². The zero-order chi connectivity index (χ0) is 13.9. The van der Waals surface area contributed by atoms with Crippen molar-refractivity contribution < 1.29 is 17.9 Å². The van der Waals surface area contributed by atoms with Gasteiger partial charge in [0.15, 0.2) is 9.84 Å². The Labute approximate surface area is 113 Å². The molecule has 2 rings (SSSR count). The molecule has 1 atom stereocenters. The Balaban J connectivity index is 1.96. The summed E-state index contributed by atoms with van der Waals surface area (Å²) in [6.45, 7) is 0.595. The Morgan fingerprint density at radius 2 is 2.05 bits per heavy atom. The van der Waals surface area contributed by atoms with Crippen molar-refractivity contribution in [3.63, 3.8) is 0 Å². The second-order valence-electron chi connectivity index (χ2n) is 4.66. The van der Waals surface area contributed by atoms with E-state index >= 15 is 0 Å². The van der Waals surface area contributed by atoms with Crippen LogP contribution >= 0.6 is 0 Å². The summed E-state index contributed by atoms with van der Waals surface area (Å²) >= 11 is 0. The fourth-order valence-electron chi connectivity index (χ4n) is 2.19. The van der Waals surface area contributed by atoms with Gasteiger partial charge in [0.05, 0.1) is 0 Å². The predicted molar refractivity (Wildman–Crippen MR) is 71.2 cm³/mol. The van der Waals surface area contributed by atoms with E-state index in [-0.39, 0.29) is 6.61 Å². The SMILES string of the molecule is CS(=O)(=O)C1CCCN1C(=O)OCc1ccccc1. The van der Waals surface area contributed by atoms with Gasteiger partial charge in [0.1, 0.15) is 12.0 Å². The van der Waals surface area contributed by atoms with E-state index in [1.807, 2.05) is 30.3 Å². The van der Waals surface area contributed by atoms with E-state index in [9.17, 15) is 13.2 Å². The molecule has 1 fully saturated rings. The third-order valence-corrected chi connectivity index (χ3v) is 4.61. The first kappa shape index (κ1) is 13.9. The highest BCUT2D eigenvalue weighted by Crippen LogP contribution is 2.22. The minimum Gasteiger partial charge on any atom is -0.445 e. The molecule has 1 aliphatic heterocycles. The highest BCUT2D eigenvalue weighted by Gasteiger charge is 2.36. The van der Waals surface area contributed by atoms with Gasteiger partial charge in [0.2, 0.25) is 0 Å². The average Bonchev–Trinajstić information content (AvgIpc) is 2.86. The van der Waals surface area contributed by atoms with Gasteiger partial charge in [-0.05, 0) is 18.4 Å². The van der Waals surface area contributed by atoms with Crippen LogP contribution in [0.3, 0.4) is 0 Å². The first-order valence-electron chi connectivity index (χ1n) is 6.14. The van der Waals surface area contributed by atoms with Gasteiger partial charge in [-0.2, -0.15) is 0 Å². The minimum atomic E-state index is -3.25. The van der Waals surface area contributed by atoms with Crippen LogP contribution in [0.2, 0.25) is 0 Å². The van der Waals surface area contributed by atoms with E-state index in [0.29, 0.717) is 19.4 Å². The Hall–Kier alpha value is -1.56. The number of ether oxygens (including phenoxy) is 1. The van der Waals surface area contributed by atoms with Crippen LogP contribution in [0, 0.1) is 0 Å². The lowest BCUT2D eigenvalue weighted by Crippen LogP contribution is -2.40. The molecule has 19 heavy (non-hydrogen) atoms. The van der Waals surface area contributed by atoms with Crippen molar-refractivity contribution in [2.24, 2.45) is 0 Å². The van der Waals surface area contributed by atoms with Crippen molar-refractivity contribution in [3.8, 4) is 0 Å². The summed E-state index contributed by atoms with van der Waals surface area (Å²) < 4.78 is 28.3. The largest absolute Gasteiger partial charge is 0.445 e. The predicted octanol–water partition coefficient (Wildman–Crippen LogP) is 1.79. The number of hydrogen-bond donors (Lipinski definition) is 0. The molecule has 1 aromatic rings. The minimum absolute atomic E-state index is 0.159. The average molecular weight is 283 g/mol.